The van der Waals surface area contributed by atoms with E-state index in [1.54, 1.807) is 12.1 Å². The summed E-state index contributed by atoms with van der Waals surface area (Å²) in [4.78, 5) is 14.3. The molecule has 1 heterocycles. The van der Waals surface area contributed by atoms with Crippen LogP contribution >= 0.6 is 11.6 Å². The second kappa shape index (κ2) is 4.70. The largest absolute Gasteiger partial charge is 0.476 e. The summed E-state index contributed by atoms with van der Waals surface area (Å²) in [7, 11) is 0. The van der Waals surface area contributed by atoms with Crippen LogP contribution < -0.4 is 4.74 Å². The monoisotopic (exact) mass is 267 g/mol. The number of oxazole rings is 1. The van der Waals surface area contributed by atoms with Crippen molar-refractivity contribution in [2.24, 2.45) is 0 Å². The average molecular weight is 268 g/mol. The van der Waals surface area contributed by atoms with E-state index in [1.807, 2.05) is 13.8 Å². The topological polar surface area (TPSA) is 72.6 Å². The lowest BCUT2D eigenvalue weighted by atomic mass is 10.1. The van der Waals surface area contributed by atoms with Crippen molar-refractivity contribution in [3.63, 3.8) is 0 Å². The molecule has 2 rings (SSSR count). The second-order valence-electron chi connectivity index (χ2n) is 3.78. The van der Waals surface area contributed by atoms with Crippen LogP contribution in [0.1, 0.15) is 21.6 Å². The van der Waals surface area contributed by atoms with E-state index in [9.17, 15) is 4.79 Å². The number of carboxylic acid groups (broad SMARTS) is 1. The zero-order valence-corrected chi connectivity index (χ0v) is 10.5. The van der Waals surface area contributed by atoms with Gasteiger partial charge < -0.3 is 14.3 Å². The lowest BCUT2D eigenvalue weighted by Gasteiger charge is -2.06. The molecule has 0 bridgehead atoms. The number of nitrogens with zero attached hydrogens (tertiary/aromatic N) is 1. The number of benzene rings is 1. The van der Waals surface area contributed by atoms with Gasteiger partial charge in [0.2, 0.25) is 0 Å². The highest BCUT2D eigenvalue weighted by molar-refractivity contribution is 6.32. The van der Waals surface area contributed by atoms with Crippen LogP contribution in [-0.2, 0) is 0 Å². The molecule has 0 saturated carbocycles. The van der Waals surface area contributed by atoms with Crippen molar-refractivity contribution in [1.29, 1.82) is 0 Å². The molecule has 0 atom stereocenters. The minimum atomic E-state index is -1.17. The minimum Gasteiger partial charge on any atom is -0.476 e. The van der Waals surface area contributed by atoms with E-state index in [0.717, 1.165) is 17.4 Å². The summed E-state index contributed by atoms with van der Waals surface area (Å²) in [6.07, 6.45) is 0.904. The number of rotatable bonds is 3. The highest BCUT2D eigenvalue weighted by atomic mass is 35.5. The Bertz CT molecular complexity index is 583. The molecule has 0 fully saturated rings. The van der Waals surface area contributed by atoms with E-state index >= 15 is 0 Å². The van der Waals surface area contributed by atoms with E-state index in [4.69, 9.17) is 25.9 Å². The van der Waals surface area contributed by atoms with Gasteiger partial charge in [-0.3, -0.25) is 0 Å². The van der Waals surface area contributed by atoms with E-state index in [2.05, 4.69) is 4.98 Å². The number of ether oxygens (including phenoxy) is 1. The molecule has 0 unspecified atom stereocenters. The molecule has 0 aliphatic heterocycles. The number of halogens is 1. The number of aromatic carboxylic acids is 1. The number of carboxylic acids is 1. The molecule has 0 spiro atoms. The second-order valence-corrected chi connectivity index (χ2v) is 4.15. The van der Waals surface area contributed by atoms with Crippen LogP contribution in [0.25, 0.3) is 0 Å². The first-order valence-corrected chi connectivity index (χ1v) is 5.48. The lowest BCUT2D eigenvalue weighted by Crippen LogP contribution is -1.96. The first-order chi connectivity index (χ1) is 8.47. The van der Waals surface area contributed by atoms with Crippen LogP contribution in [0.4, 0.5) is 0 Å². The molecule has 5 nitrogen and oxygen atoms in total. The first-order valence-electron chi connectivity index (χ1n) is 5.11. The van der Waals surface area contributed by atoms with Crippen molar-refractivity contribution in [2.45, 2.75) is 13.8 Å². The molecule has 94 valence electrons. The van der Waals surface area contributed by atoms with Crippen molar-refractivity contribution >= 4 is 17.6 Å². The van der Waals surface area contributed by atoms with Gasteiger partial charge in [-0.15, -0.1) is 0 Å². The number of hydrogen-bond donors (Lipinski definition) is 1. The van der Waals surface area contributed by atoms with E-state index in [-0.39, 0.29) is 11.8 Å². The predicted molar refractivity (Wildman–Crippen MR) is 64.5 cm³/mol. The molecule has 1 aromatic heterocycles. The molecular formula is C12H10ClNO4. The lowest BCUT2D eigenvalue weighted by molar-refractivity contribution is 0.0690. The van der Waals surface area contributed by atoms with Gasteiger partial charge in [0.1, 0.15) is 12.0 Å². The highest BCUT2D eigenvalue weighted by Gasteiger charge is 2.12. The van der Waals surface area contributed by atoms with Crippen LogP contribution in [0.2, 0.25) is 5.02 Å². The Hall–Kier alpha value is -2.01. The number of hydrogen-bond acceptors (Lipinski definition) is 4. The summed E-state index contributed by atoms with van der Waals surface area (Å²) in [5, 5.41) is 9.36. The summed E-state index contributed by atoms with van der Waals surface area (Å²) >= 11 is 6.03. The van der Waals surface area contributed by atoms with E-state index in [1.165, 1.54) is 0 Å². The summed E-state index contributed by atoms with van der Waals surface area (Å²) in [6.45, 7) is 3.70. The van der Waals surface area contributed by atoms with Crippen LogP contribution in [-0.4, -0.2) is 16.1 Å². The summed E-state index contributed by atoms with van der Waals surface area (Å²) in [5.41, 5.74) is 1.51. The molecule has 0 radical (unpaired) electrons. The molecule has 2 aromatic rings. The SMILES string of the molecule is Cc1cc(Oc2nc(C(=O)O)co2)cc(C)c1Cl. The third kappa shape index (κ3) is 2.46. The summed E-state index contributed by atoms with van der Waals surface area (Å²) in [5.74, 6) is -0.676. The molecular weight excluding hydrogens is 258 g/mol. The number of aryl methyl sites for hydroxylation is 2. The average Bonchev–Trinajstić information content (AvgIpc) is 2.74. The number of carbonyl (C=O) groups is 1. The fourth-order valence-electron chi connectivity index (χ4n) is 1.47. The molecule has 18 heavy (non-hydrogen) atoms. The van der Waals surface area contributed by atoms with Gasteiger partial charge in [0.05, 0.1) is 0 Å². The van der Waals surface area contributed by atoms with E-state index in [0.29, 0.717) is 10.8 Å². The zero-order chi connectivity index (χ0) is 13.3. The highest BCUT2D eigenvalue weighted by Crippen LogP contribution is 2.28. The Kier molecular flexibility index (Phi) is 3.25. The van der Waals surface area contributed by atoms with Gasteiger partial charge in [-0.05, 0) is 37.1 Å². The minimum absolute atomic E-state index is 0.117. The molecule has 1 aromatic carbocycles. The van der Waals surface area contributed by atoms with Crippen LogP contribution in [0.15, 0.2) is 22.8 Å². The maximum atomic E-state index is 10.6. The van der Waals surface area contributed by atoms with Gasteiger partial charge in [0, 0.05) is 5.02 Å². The van der Waals surface area contributed by atoms with Crippen molar-refractivity contribution in [2.75, 3.05) is 0 Å². The Morgan fingerprint density at radius 3 is 2.50 bits per heavy atom. The smallest absolute Gasteiger partial charge is 0.399 e. The maximum Gasteiger partial charge on any atom is 0.399 e. The number of aromatic nitrogens is 1. The molecule has 0 aliphatic rings. The predicted octanol–water partition coefficient (Wildman–Crippen LogP) is 3.44. The third-order valence-corrected chi connectivity index (χ3v) is 2.91. The first kappa shape index (κ1) is 12.4. The summed E-state index contributed by atoms with van der Waals surface area (Å²) in [6, 6.07) is 3.44. The van der Waals surface area contributed by atoms with Gasteiger partial charge in [-0.25, -0.2) is 4.79 Å². The van der Waals surface area contributed by atoms with E-state index < -0.39 is 5.97 Å². The molecule has 1 N–H and O–H groups in total. The molecule has 6 heteroatoms. The Morgan fingerprint density at radius 2 is 2.00 bits per heavy atom. The van der Waals surface area contributed by atoms with Gasteiger partial charge in [-0.1, -0.05) is 11.6 Å². The Balaban J connectivity index is 2.25. The van der Waals surface area contributed by atoms with Crippen LogP contribution in [0.5, 0.6) is 11.8 Å². The maximum absolute atomic E-state index is 10.6. The molecule has 0 amide bonds. The molecule has 0 saturated heterocycles. The zero-order valence-electron chi connectivity index (χ0n) is 9.73. The van der Waals surface area contributed by atoms with Crippen molar-refractivity contribution < 1.29 is 19.1 Å². The third-order valence-electron chi connectivity index (χ3n) is 2.32. The van der Waals surface area contributed by atoms with Crippen molar-refractivity contribution in [3.8, 4) is 11.8 Å². The van der Waals surface area contributed by atoms with Gasteiger partial charge >= 0.3 is 12.0 Å². The van der Waals surface area contributed by atoms with Crippen LogP contribution in [0, 0.1) is 13.8 Å². The standard InChI is InChI=1S/C12H10ClNO4/c1-6-3-8(4-7(2)10(6)13)18-12-14-9(5-17-12)11(15)16/h3-5H,1-2H3,(H,15,16). The summed E-state index contributed by atoms with van der Waals surface area (Å²) < 4.78 is 10.2. The fourth-order valence-corrected chi connectivity index (χ4v) is 1.58. The van der Waals surface area contributed by atoms with Gasteiger partial charge in [0.25, 0.3) is 0 Å². The van der Waals surface area contributed by atoms with Gasteiger partial charge in [0.15, 0.2) is 5.69 Å². The Morgan fingerprint density at radius 1 is 1.39 bits per heavy atom. The van der Waals surface area contributed by atoms with Crippen molar-refractivity contribution in [1.82, 2.24) is 4.98 Å². The quantitative estimate of drug-likeness (QED) is 0.922. The Labute approximate surface area is 108 Å². The fraction of sp³-hybridized carbons (Fsp3) is 0.167. The normalized spacial score (nSPS) is 10.4. The van der Waals surface area contributed by atoms with Crippen molar-refractivity contribution in [3.05, 3.63) is 40.2 Å². The van der Waals surface area contributed by atoms with Crippen LogP contribution in [0.3, 0.4) is 0 Å². The van der Waals surface area contributed by atoms with Gasteiger partial charge in [-0.2, -0.15) is 4.98 Å². The molecule has 0 aliphatic carbocycles.